The van der Waals surface area contributed by atoms with Gasteiger partial charge in [-0.05, 0) is 29.7 Å². The van der Waals surface area contributed by atoms with Crippen LogP contribution in [0.2, 0.25) is 0 Å². The predicted molar refractivity (Wildman–Crippen MR) is 126 cm³/mol. The Hall–Kier alpha value is -2.88. The summed E-state index contributed by atoms with van der Waals surface area (Å²) in [6.07, 6.45) is 0.565. The van der Waals surface area contributed by atoms with Crippen LogP contribution in [0.5, 0.6) is 5.75 Å². The van der Waals surface area contributed by atoms with Crippen LogP contribution in [-0.2, 0) is 40.5 Å². The SMILES string of the molecule is O=C1CCC(N2Cc3c(OCc4ccc(CN5CC[S+]([O-])CC5)cc4)cccc3C2=O)C(=O)N1. The fourth-order valence-electron chi connectivity index (χ4n) is 4.69. The van der Waals surface area contributed by atoms with Gasteiger partial charge in [0.15, 0.2) is 0 Å². The number of carbonyl (C=O) groups excluding carboxylic acids is 3. The Labute approximate surface area is 201 Å². The van der Waals surface area contributed by atoms with Crippen LogP contribution in [0, 0.1) is 0 Å². The lowest BCUT2D eigenvalue weighted by atomic mass is 10.0. The van der Waals surface area contributed by atoms with Crippen molar-refractivity contribution in [3.63, 3.8) is 0 Å². The molecule has 0 bridgehead atoms. The Kier molecular flexibility index (Phi) is 6.58. The number of nitrogens with zero attached hydrogens (tertiary/aromatic N) is 2. The average molecular weight is 482 g/mol. The number of amides is 3. The number of piperidine rings is 1. The summed E-state index contributed by atoms with van der Waals surface area (Å²) in [5.41, 5.74) is 3.55. The number of ether oxygens (including phenoxy) is 1. The van der Waals surface area contributed by atoms with E-state index in [1.165, 1.54) is 10.5 Å². The Morgan fingerprint density at radius 2 is 1.76 bits per heavy atom. The second-order valence-corrected chi connectivity index (χ2v) is 10.6. The van der Waals surface area contributed by atoms with Gasteiger partial charge in [0.2, 0.25) is 11.8 Å². The van der Waals surface area contributed by atoms with Gasteiger partial charge in [0.25, 0.3) is 5.91 Å². The molecule has 1 unspecified atom stereocenters. The third-order valence-corrected chi connectivity index (χ3v) is 7.91. The molecule has 3 amide bonds. The zero-order chi connectivity index (χ0) is 23.7. The molecular weight excluding hydrogens is 454 g/mol. The van der Waals surface area contributed by atoms with Crippen molar-refractivity contribution in [1.29, 1.82) is 0 Å². The summed E-state index contributed by atoms with van der Waals surface area (Å²) >= 11 is -0.669. The van der Waals surface area contributed by atoms with Crippen LogP contribution in [-0.4, -0.2) is 62.7 Å². The second kappa shape index (κ2) is 9.77. The molecule has 2 aromatic rings. The molecule has 0 spiro atoms. The maximum atomic E-state index is 13.0. The Morgan fingerprint density at radius 3 is 2.50 bits per heavy atom. The molecule has 5 rings (SSSR count). The van der Waals surface area contributed by atoms with Crippen LogP contribution in [0.25, 0.3) is 0 Å². The van der Waals surface area contributed by atoms with E-state index in [0.29, 0.717) is 24.3 Å². The molecular formula is C25H27N3O5S. The monoisotopic (exact) mass is 481 g/mol. The number of imide groups is 1. The fourth-order valence-corrected chi connectivity index (χ4v) is 5.81. The van der Waals surface area contributed by atoms with Crippen molar-refractivity contribution in [2.24, 2.45) is 0 Å². The highest BCUT2D eigenvalue weighted by molar-refractivity contribution is 7.91. The number of carbonyl (C=O) groups is 3. The van der Waals surface area contributed by atoms with Gasteiger partial charge in [-0.25, -0.2) is 0 Å². The standard InChI is InChI=1S/C25H27N3O5S/c29-23-9-8-21(24(30)26-23)28-15-20-19(25(28)31)2-1-3-22(20)33-16-18-6-4-17(5-7-18)14-27-10-12-34(32)13-11-27/h1-7,21H,8-16H2,(H,26,29,30). The maximum Gasteiger partial charge on any atom is 0.255 e. The first-order valence-corrected chi connectivity index (χ1v) is 13.0. The van der Waals surface area contributed by atoms with E-state index in [1.807, 2.05) is 18.2 Å². The largest absolute Gasteiger partial charge is 0.616 e. The van der Waals surface area contributed by atoms with E-state index in [1.54, 1.807) is 12.1 Å². The molecule has 0 aromatic heterocycles. The minimum atomic E-state index is -0.669. The lowest BCUT2D eigenvalue weighted by Crippen LogP contribution is -2.52. The van der Waals surface area contributed by atoms with Gasteiger partial charge in [-0.1, -0.05) is 41.5 Å². The van der Waals surface area contributed by atoms with E-state index < -0.39 is 23.1 Å². The topological polar surface area (TPSA) is 102 Å². The van der Waals surface area contributed by atoms with Crippen LogP contribution in [0.15, 0.2) is 42.5 Å². The zero-order valence-electron chi connectivity index (χ0n) is 18.8. The molecule has 2 aromatic carbocycles. The molecule has 3 heterocycles. The lowest BCUT2D eigenvalue weighted by Gasteiger charge is -2.29. The summed E-state index contributed by atoms with van der Waals surface area (Å²) in [5, 5.41) is 2.33. The summed E-state index contributed by atoms with van der Waals surface area (Å²) < 4.78 is 17.6. The van der Waals surface area contributed by atoms with Gasteiger partial charge in [-0.15, -0.1) is 0 Å². The van der Waals surface area contributed by atoms with Crippen molar-refractivity contribution in [3.8, 4) is 5.75 Å². The third kappa shape index (κ3) is 4.82. The van der Waals surface area contributed by atoms with E-state index >= 15 is 0 Å². The first kappa shape index (κ1) is 22.9. The van der Waals surface area contributed by atoms with Crippen molar-refractivity contribution >= 4 is 28.9 Å². The van der Waals surface area contributed by atoms with Gasteiger partial charge in [0.1, 0.15) is 29.9 Å². The number of rotatable bonds is 6. The Morgan fingerprint density at radius 1 is 1.03 bits per heavy atom. The molecule has 178 valence electrons. The molecule has 3 aliphatic heterocycles. The molecule has 8 nitrogen and oxygen atoms in total. The van der Waals surface area contributed by atoms with E-state index in [4.69, 9.17) is 4.74 Å². The fraction of sp³-hybridized carbons (Fsp3) is 0.400. The molecule has 1 atom stereocenters. The van der Waals surface area contributed by atoms with Gasteiger partial charge >= 0.3 is 0 Å². The van der Waals surface area contributed by atoms with Gasteiger partial charge in [0, 0.05) is 37.2 Å². The van der Waals surface area contributed by atoms with E-state index in [2.05, 4.69) is 22.3 Å². The summed E-state index contributed by atoms with van der Waals surface area (Å²) in [6.45, 7) is 3.24. The molecule has 1 N–H and O–H groups in total. The molecule has 0 saturated carbocycles. The van der Waals surface area contributed by atoms with Gasteiger partial charge < -0.3 is 14.2 Å². The van der Waals surface area contributed by atoms with Crippen molar-refractivity contribution in [2.45, 2.75) is 38.6 Å². The summed E-state index contributed by atoms with van der Waals surface area (Å²) in [4.78, 5) is 40.6. The highest BCUT2D eigenvalue weighted by Gasteiger charge is 2.40. The number of fused-ring (bicyclic) bond motifs is 1. The summed E-state index contributed by atoms with van der Waals surface area (Å²) in [7, 11) is 0. The van der Waals surface area contributed by atoms with Crippen LogP contribution in [0.4, 0.5) is 0 Å². The predicted octanol–water partition coefficient (Wildman–Crippen LogP) is 1.59. The third-order valence-electron chi connectivity index (χ3n) is 6.63. The van der Waals surface area contributed by atoms with Crippen molar-refractivity contribution < 1.29 is 23.7 Å². The molecule has 34 heavy (non-hydrogen) atoms. The van der Waals surface area contributed by atoms with Crippen LogP contribution >= 0.6 is 0 Å². The number of hydrogen-bond donors (Lipinski definition) is 1. The molecule has 2 saturated heterocycles. The molecule has 2 fully saturated rings. The van der Waals surface area contributed by atoms with Crippen LogP contribution in [0.3, 0.4) is 0 Å². The van der Waals surface area contributed by atoms with Gasteiger partial charge in [-0.3, -0.25) is 24.6 Å². The molecule has 9 heteroatoms. The smallest absolute Gasteiger partial charge is 0.255 e. The molecule has 0 radical (unpaired) electrons. The van der Waals surface area contributed by atoms with E-state index in [9.17, 15) is 18.9 Å². The first-order chi connectivity index (χ1) is 16.5. The average Bonchev–Trinajstić information content (AvgIpc) is 3.17. The highest BCUT2D eigenvalue weighted by atomic mass is 32.2. The van der Waals surface area contributed by atoms with Crippen LogP contribution in [0.1, 0.15) is 39.9 Å². The number of hydrogen-bond acceptors (Lipinski definition) is 6. The number of nitrogens with one attached hydrogen (secondary N) is 1. The quantitative estimate of drug-likeness (QED) is 0.497. The molecule has 3 aliphatic rings. The van der Waals surface area contributed by atoms with Crippen molar-refractivity contribution in [3.05, 3.63) is 64.7 Å². The minimum absolute atomic E-state index is 0.208. The summed E-state index contributed by atoms with van der Waals surface area (Å²) in [6, 6.07) is 13.0. The maximum absolute atomic E-state index is 13.0. The first-order valence-electron chi connectivity index (χ1n) is 11.5. The lowest BCUT2D eigenvalue weighted by molar-refractivity contribution is -0.136. The minimum Gasteiger partial charge on any atom is -0.616 e. The van der Waals surface area contributed by atoms with Crippen molar-refractivity contribution in [2.75, 3.05) is 24.6 Å². The van der Waals surface area contributed by atoms with E-state index in [0.717, 1.165) is 42.3 Å². The summed E-state index contributed by atoms with van der Waals surface area (Å²) in [5.74, 6) is 1.20. The van der Waals surface area contributed by atoms with Crippen LogP contribution < -0.4 is 10.1 Å². The van der Waals surface area contributed by atoms with Crippen molar-refractivity contribution in [1.82, 2.24) is 15.1 Å². The number of benzene rings is 2. The zero-order valence-corrected chi connectivity index (χ0v) is 19.6. The Balaban J connectivity index is 1.21. The van der Waals surface area contributed by atoms with Gasteiger partial charge in [-0.2, -0.15) is 0 Å². The second-order valence-electron chi connectivity index (χ2n) is 8.91. The Bertz CT molecular complexity index is 1100. The normalized spacial score (nSPS) is 21.5. The van der Waals surface area contributed by atoms with Gasteiger partial charge in [0.05, 0.1) is 6.54 Å². The molecule has 0 aliphatic carbocycles. The highest BCUT2D eigenvalue weighted by Crippen LogP contribution is 2.34. The van der Waals surface area contributed by atoms with E-state index in [-0.39, 0.29) is 24.8 Å².